The summed E-state index contributed by atoms with van der Waals surface area (Å²) in [5.41, 5.74) is 1.73. The fourth-order valence-corrected chi connectivity index (χ4v) is 12.6. The zero-order valence-electron chi connectivity index (χ0n) is 33.3. The summed E-state index contributed by atoms with van der Waals surface area (Å²) >= 11 is 0. The van der Waals surface area contributed by atoms with E-state index in [4.69, 9.17) is 0 Å². The minimum Gasteiger partial charge on any atom is -0.465 e. The molecule has 8 rings (SSSR count). The number of carboxylic acid groups (broad SMARTS) is 1. The Morgan fingerprint density at radius 2 is 1.54 bits per heavy atom. The van der Waals surface area contributed by atoms with Crippen LogP contribution >= 0.6 is 0 Å². The van der Waals surface area contributed by atoms with Gasteiger partial charge >= 0.3 is 6.09 Å². The lowest BCUT2D eigenvalue weighted by molar-refractivity contribution is -0.129. The van der Waals surface area contributed by atoms with Crippen molar-refractivity contribution in [3.05, 3.63) is 72.1 Å². The molecule has 5 saturated heterocycles. The Balaban J connectivity index is 0.835. The van der Waals surface area contributed by atoms with Gasteiger partial charge in [0.2, 0.25) is 5.91 Å². The molecular weight excluding hydrogens is 744 g/mol. The van der Waals surface area contributed by atoms with Crippen LogP contribution in [0.4, 0.5) is 14.9 Å². The van der Waals surface area contributed by atoms with E-state index in [0.29, 0.717) is 16.7 Å². The van der Waals surface area contributed by atoms with Crippen molar-refractivity contribution in [1.29, 1.82) is 0 Å². The van der Waals surface area contributed by atoms with Gasteiger partial charge in [-0.1, -0.05) is 31.1 Å². The summed E-state index contributed by atoms with van der Waals surface area (Å²) in [6, 6.07) is 14.3. The first kappa shape index (κ1) is 40.3. The first-order valence-corrected chi connectivity index (χ1v) is 23.1. The van der Waals surface area contributed by atoms with Crippen molar-refractivity contribution < 1.29 is 27.5 Å². The van der Waals surface area contributed by atoms with E-state index in [1.165, 1.54) is 31.7 Å². The smallest absolute Gasteiger partial charge is 0.404 e. The second-order valence-corrected chi connectivity index (χ2v) is 20.0. The number of sulfone groups is 1. The Morgan fingerprint density at radius 3 is 2.21 bits per heavy atom. The van der Waals surface area contributed by atoms with Crippen LogP contribution in [0.1, 0.15) is 63.4 Å². The normalized spacial score (nSPS) is 25.8. The topological polar surface area (TPSA) is 117 Å². The maximum Gasteiger partial charge on any atom is 0.404 e. The van der Waals surface area contributed by atoms with E-state index in [0.717, 1.165) is 115 Å². The van der Waals surface area contributed by atoms with Crippen molar-refractivity contribution in [3.63, 3.8) is 0 Å². The number of hydrogen-bond acceptors (Lipinski definition) is 8. The van der Waals surface area contributed by atoms with Crippen molar-refractivity contribution in [2.75, 3.05) is 90.0 Å². The number of carbonyl (C=O) groups is 2. The lowest BCUT2D eigenvalue weighted by atomic mass is 9.57. The van der Waals surface area contributed by atoms with Crippen LogP contribution in [0, 0.1) is 23.6 Å². The highest BCUT2D eigenvalue weighted by atomic mass is 32.2. The number of rotatable bonds is 14. The summed E-state index contributed by atoms with van der Waals surface area (Å²) < 4.78 is 41.7. The third-order valence-corrected chi connectivity index (χ3v) is 16.4. The minimum absolute atomic E-state index is 0.114. The van der Waals surface area contributed by atoms with Crippen molar-refractivity contribution >= 4 is 27.5 Å². The first-order valence-electron chi connectivity index (χ1n) is 21.6. The van der Waals surface area contributed by atoms with Gasteiger partial charge in [-0.3, -0.25) is 9.69 Å². The molecule has 3 atom stereocenters. The second kappa shape index (κ2) is 17.4. The Bertz CT molecular complexity index is 1850. The quantitative estimate of drug-likeness (QED) is 0.253. The van der Waals surface area contributed by atoms with Gasteiger partial charge in [0.1, 0.15) is 11.1 Å². The van der Waals surface area contributed by atoms with E-state index in [-0.39, 0.29) is 42.2 Å². The number of amides is 2. The van der Waals surface area contributed by atoms with Crippen LogP contribution < -0.4 is 10.2 Å². The predicted molar refractivity (Wildman–Crippen MR) is 220 cm³/mol. The van der Waals surface area contributed by atoms with Crippen molar-refractivity contribution in [3.8, 4) is 0 Å². The number of halogens is 1. The molecule has 0 radical (unpaired) electrons. The number of anilines is 1. The number of hydrogen-bond donors (Lipinski definition) is 2. The molecule has 11 nitrogen and oxygen atoms in total. The molecule has 1 saturated carbocycles. The van der Waals surface area contributed by atoms with E-state index in [1.54, 1.807) is 29.2 Å². The largest absolute Gasteiger partial charge is 0.465 e. The average molecular weight is 805 g/mol. The van der Waals surface area contributed by atoms with E-state index in [2.05, 4.69) is 31.0 Å². The molecule has 5 heterocycles. The average Bonchev–Trinajstić information content (AvgIpc) is 3.60. The van der Waals surface area contributed by atoms with E-state index >= 15 is 0 Å². The van der Waals surface area contributed by atoms with Gasteiger partial charge in [-0.25, -0.2) is 17.6 Å². The van der Waals surface area contributed by atoms with Crippen molar-refractivity contribution in [2.24, 2.45) is 17.8 Å². The zero-order valence-corrected chi connectivity index (χ0v) is 34.1. The number of nitrogens with one attached hydrogen (secondary N) is 1. The van der Waals surface area contributed by atoms with E-state index in [9.17, 15) is 27.5 Å². The highest BCUT2D eigenvalue weighted by Crippen LogP contribution is 2.51. The molecule has 1 aliphatic carbocycles. The van der Waals surface area contributed by atoms with Crippen LogP contribution in [0.5, 0.6) is 0 Å². The SMILES string of the molecule is O=C(O)N[C@H]1CCC[C@@H]1[C@](CN1CCC1)(c1cccc(F)c1)C1CCN(CC2CN(c3ccc(S(=O)(=O)C4CN(C(=O)/C=C/CN5CCCCC5)C4)cc3)C2)CC1. The van der Waals surface area contributed by atoms with Crippen LogP contribution in [-0.2, 0) is 20.0 Å². The maximum absolute atomic E-state index is 15.0. The summed E-state index contributed by atoms with van der Waals surface area (Å²) in [6.45, 7) is 11.1. The molecule has 2 N–H and O–H groups in total. The zero-order chi connectivity index (χ0) is 39.6. The number of benzene rings is 2. The van der Waals surface area contributed by atoms with Gasteiger partial charge < -0.3 is 30.0 Å². The molecule has 2 amide bonds. The lowest BCUT2D eigenvalue weighted by Gasteiger charge is -2.54. The fourth-order valence-electron chi connectivity index (χ4n) is 11.0. The lowest BCUT2D eigenvalue weighted by Crippen LogP contribution is -2.60. The molecule has 2 aromatic rings. The van der Waals surface area contributed by atoms with Crippen molar-refractivity contribution in [1.82, 2.24) is 24.9 Å². The Labute approximate surface area is 338 Å². The van der Waals surface area contributed by atoms with Gasteiger partial charge in [-0.15, -0.1) is 0 Å². The first-order chi connectivity index (χ1) is 27.6. The molecule has 5 aliphatic heterocycles. The third-order valence-electron chi connectivity index (χ3n) is 14.3. The number of nitrogens with zero attached hydrogens (tertiary/aromatic N) is 5. The third kappa shape index (κ3) is 8.77. The Morgan fingerprint density at radius 1 is 0.825 bits per heavy atom. The van der Waals surface area contributed by atoms with Crippen LogP contribution in [0.2, 0.25) is 0 Å². The predicted octanol–water partition coefficient (Wildman–Crippen LogP) is 5.08. The van der Waals surface area contributed by atoms with Crippen LogP contribution in [0.25, 0.3) is 0 Å². The molecule has 0 unspecified atom stereocenters. The minimum atomic E-state index is -3.52. The molecule has 2 aromatic carbocycles. The standard InChI is InChI=1S/C44H61FN6O5S/c45-36-9-4-8-35(26-36)44(32-49-22-7-23-49,40-10-5-11-41(40)46-43(53)54)34-17-24-48(25-18-34)27-33-28-50(29-33)37-13-15-38(16-14-37)57(55,56)39-30-51(31-39)42(52)12-6-21-47-19-2-1-3-20-47/h4,6,8-9,12-16,26,33-34,39-41,46H,1-3,5,7,10-11,17-25,27-32H2,(H,53,54)/b12-6+/t40-,41-,44-/m0/s1. The summed E-state index contributed by atoms with van der Waals surface area (Å²) in [5.74, 6) is 0.611. The van der Waals surface area contributed by atoms with Crippen molar-refractivity contribution in [2.45, 2.75) is 79.4 Å². The van der Waals surface area contributed by atoms with Gasteiger partial charge in [0.15, 0.2) is 9.84 Å². The molecule has 13 heteroatoms. The summed E-state index contributed by atoms with van der Waals surface area (Å²) in [5, 5.41) is 12.1. The monoisotopic (exact) mass is 804 g/mol. The van der Waals surface area contributed by atoms with Crippen LogP contribution in [0.15, 0.2) is 65.6 Å². The number of likely N-dealkylation sites (tertiary alicyclic amines) is 4. The number of piperidine rings is 2. The van der Waals surface area contributed by atoms with E-state index < -0.39 is 21.2 Å². The highest BCUT2D eigenvalue weighted by molar-refractivity contribution is 7.92. The molecule has 0 bridgehead atoms. The number of carbonyl (C=O) groups excluding carboxylic acids is 1. The molecule has 310 valence electrons. The highest BCUT2D eigenvalue weighted by Gasteiger charge is 2.53. The molecule has 0 aromatic heterocycles. The van der Waals surface area contributed by atoms with Gasteiger partial charge in [0.05, 0.1) is 4.90 Å². The van der Waals surface area contributed by atoms with Crippen LogP contribution in [0.3, 0.4) is 0 Å². The molecule has 0 spiro atoms. The second-order valence-electron chi connectivity index (χ2n) is 17.8. The maximum atomic E-state index is 15.0. The molecule has 57 heavy (non-hydrogen) atoms. The van der Waals surface area contributed by atoms with E-state index in [1.807, 2.05) is 24.3 Å². The summed E-state index contributed by atoms with van der Waals surface area (Å²) in [6.07, 6.45) is 12.1. The van der Waals surface area contributed by atoms with Gasteiger partial charge in [-0.05, 0) is 138 Å². The molecular formula is C44H61FN6O5S. The fraction of sp³-hybridized carbons (Fsp3) is 0.636. The summed E-state index contributed by atoms with van der Waals surface area (Å²) in [7, 11) is -3.52. The van der Waals surface area contributed by atoms with Crippen LogP contribution in [-0.4, -0.2) is 141 Å². The van der Waals surface area contributed by atoms with Gasteiger partial charge in [-0.2, -0.15) is 0 Å². The van der Waals surface area contributed by atoms with Gasteiger partial charge in [0.25, 0.3) is 0 Å². The summed E-state index contributed by atoms with van der Waals surface area (Å²) in [4.78, 5) is 36.2. The molecule has 6 aliphatic rings. The molecule has 6 fully saturated rings. The van der Waals surface area contributed by atoms with Gasteiger partial charge in [0, 0.05) is 75.0 Å². The Hall–Kier alpha value is -3.52. The Kier molecular flexibility index (Phi) is 12.3.